The van der Waals surface area contributed by atoms with Gasteiger partial charge in [-0.25, -0.2) is 4.68 Å². The van der Waals surface area contributed by atoms with Crippen LogP contribution in [-0.4, -0.2) is 15.7 Å². The average Bonchev–Trinajstić information content (AvgIpc) is 2.39. The molecule has 1 atom stereocenters. The van der Waals surface area contributed by atoms with Gasteiger partial charge in [-0.2, -0.15) is 5.10 Å². The van der Waals surface area contributed by atoms with E-state index in [-0.39, 0.29) is 5.56 Å². The molecule has 2 rings (SSSR count). The summed E-state index contributed by atoms with van der Waals surface area (Å²) in [5.74, 6) is 1.18. The maximum Gasteiger partial charge on any atom is 0.274 e. The van der Waals surface area contributed by atoms with Crippen molar-refractivity contribution in [2.24, 2.45) is 5.92 Å². The van der Waals surface area contributed by atoms with Crippen molar-refractivity contribution in [1.82, 2.24) is 9.78 Å². The third kappa shape index (κ3) is 2.91. The summed E-state index contributed by atoms with van der Waals surface area (Å²) < 4.78 is 1.55. The minimum atomic E-state index is -0.00817. The maximum absolute atomic E-state index is 12.2. The van der Waals surface area contributed by atoms with Gasteiger partial charge in [0.1, 0.15) is 0 Å². The number of hydrogen-bond donors (Lipinski definition) is 0. The van der Waals surface area contributed by atoms with Gasteiger partial charge in [-0.15, -0.1) is 11.6 Å². The SMILES string of the molecule is CC(CCCl)CCn1ncc2ccccc2c1=O. The Kier molecular flexibility index (Phi) is 4.37. The minimum Gasteiger partial charge on any atom is -0.267 e. The monoisotopic (exact) mass is 264 g/mol. The lowest BCUT2D eigenvalue weighted by atomic mass is 10.1. The molecule has 0 aliphatic rings. The largest absolute Gasteiger partial charge is 0.274 e. The van der Waals surface area contributed by atoms with Gasteiger partial charge in [-0.3, -0.25) is 4.79 Å². The van der Waals surface area contributed by atoms with Crippen molar-refractivity contribution in [1.29, 1.82) is 0 Å². The quantitative estimate of drug-likeness (QED) is 0.778. The van der Waals surface area contributed by atoms with E-state index in [1.807, 2.05) is 24.3 Å². The Morgan fingerprint density at radius 2 is 2.11 bits per heavy atom. The maximum atomic E-state index is 12.2. The van der Waals surface area contributed by atoms with Crippen molar-refractivity contribution in [3.8, 4) is 0 Å². The van der Waals surface area contributed by atoms with Crippen LogP contribution < -0.4 is 5.56 Å². The first-order valence-electron chi connectivity index (χ1n) is 6.23. The number of aryl methyl sites for hydroxylation is 1. The van der Waals surface area contributed by atoms with Gasteiger partial charge in [0.2, 0.25) is 0 Å². The van der Waals surface area contributed by atoms with Crippen LogP contribution >= 0.6 is 11.6 Å². The lowest BCUT2D eigenvalue weighted by molar-refractivity contribution is 0.441. The van der Waals surface area contributed by atoms with E-state index in [1.165, 1.54) is 0 Å². The van der Waals surface area contributed by atoms with Crippen LogP contribution in [0.1, 0.15) is 19.8 Å². The third-order valence-corrected chi connectivity index (χ3v) is 3.42. The number of aromatic nitrogens is 2. The van der Waals surface area contributed by atoms with Gasteiger partial charge in [0, 0.05) is 17.8 Å². The number of nitrogens with zero attached hydrogens (tertiary/aromatic N) is 2. The number of benzene rings is 1. The van der Waals surface area contributed by atoms with Gasteiger partial charge in [0.15, 0.2) is 0 Å². The number of alkyl halides is 1. The lowest BCUT2D eigenvalue weighted by Crippen LogP contribution is -2.23. The van der Waals surface area contributed by atoms with Gasteiger partial charge in [0.05, 0.1) is 11.6 Å². The fourth-order valence-electron chi connectivity index (χ4n) is 1.96. The fraction of sp³-hybridized carbons (Fsp3) is 0.429. The molecular weight excluding hydrogens is 248 g/mol. The molecule has 1 heterocycles. The molecule has 0 amide bonds. The van der Waals surface area contributed by atoms with E-state index < -0.39 is 0 Å². The summed E-state index contributed by atoms with van der Waals surface area (Å²) in [6.45, 7) is 2.80. The third-order valence-electron chi connectivity index (χ3n) is 3.20. The second-order valence-corrected chi connectivity index (χ2v) is 5.01. The summed E-state index contributed by atoms with van der Waals surface area (Å²) >= 11 is 5.70. The molecule has 0 aliphatic heterocycles. The molecule has 0 aliphatic carbocycles. The first kappa shape index (κ1) is 13.1. The summed E-state index contributed by atoms with van der Waals surface area (Å²) in [5, 5.41) is 5.84. The van der Waals surface area contributed by atoms with Gasteiger partial charge in [-0.05, 0) is 24.8 Å². The zero-order valence-corrected chi connectivity index (χ0v) is 11.2. The van der Waals surface area contributed by atoms with E-state index in [2.05, 4.69) is 12.0 Å². The molecule has 1 unspecified atom stereocenters. The second kappa shape index (κ2) is 6.01. The number of hydrogen-bond acceptors (Lipinski definition) is 2. The van der Waals surface area contributed by atoms with E-state index >= 15 is 0 Å². The van der Waals surface area contributed by atoms with Crippen molar-refractivity contribution >= 4 is 22.4 Å². The fourth-order valence-corrected chi connectivity index (χ4v) is 2.33. The first-order valence-corrected chi connectivity index (χ1v) is 6.76. The predicted molar refractivity (Wildman–Crippen MR) is 75.1 cm³/mol. The topological polar surface area (TPSA) is 34.9 Å². The first-order chi connectivity index (χ1) is 8.72. The Labute approximate surface area is 111 Å². The summed E-state index contributed by atoms with van der Waals surface area (Å²) in [4.78, 5) is 12.2. The van der Waals surface area contributed by atoms with Crippen molar-refractivity contribution in [3.63, 3.8) is 0 Å². The van der Waals surface area contributed by atoms with Gasteiger partial charge in [-0.1, -0.05) is 25.1 Å². The molecule has 0 saturated heterocycles. The van der Waals surface area contributed by atoms with Gasteiger partial charge in [0.25, 0.3) is 5.56 Å². The smallest absolute Gasteiger partial charge is 0.267 e. The van der Waals surface area contributed by atoms with E-state index in [0.29, 0.717) is 18.3 Å². The molecule has 4 heteroatoms. The molecule has 0 spiro atoms. The van der Waals surface area contributed by atoms with Crippen LogP contribution in [0.25, 0.3) is 10.8 Å². The van der Waals surface area contributed by atoms with Gasteiger partial charge >= 0.3 is 0 Å². The highest BCUT2D eigenvalue weighted by molar-refractivity contribution is 6.17. The predicted octanol–water partition coefficient (Wildman–Crippen LogP) is 3.05. The molecule has 1 aromatic carbocycles. The molecule has 18 heavy (non-hydrogen) atoms. The zero-order valence-electron chi connectivity index (χ0n) is 10.5. The highest BCUT2D eigenvalue weighted by Crippen LogP contribution is 2.10. The van der Waals surface area contributed by atoms with Crippen LogP contribution in [0.15, 0.2) is 35.3 Å². The van der Waals surface area contributed by atoms with E-state index in [0.717, 1.165) is 23.6 Å². The zero-order chi connectivity index (χ0) is 13.0. The molecule has 0 radical (unpaired) electrons. The molecule has 0 fully saturated rings. The van der Waals surface area contributed by atoms with Crippen LogP contribution in [0.3, 0.4) is 0 Å². The van der Waals surface area contributed by atoms with E-state index in [4.69, 9.17) is 11.6 Å². The highest BCUT2D eigenvalue weighted by Gasteiger charge is 2.06. The van der Waals surface area contributed by atoms with Crippen molar-refractivity contribution in [2.45, 2.75) is 26.3 Å². The molecule has 0 N–H and O–H groups in total. The Morgan fingerprint density at radius 1 is 1.33 bits per heavy atom. The summed E-state index contributed by atoms with van der Waals surface area (Å²) in [6, 6.07) is 7.54. The highest BCUT2D eigenvalue weighted by atomic mass is 35.5. The van der Waals surface area contributed by atoms with E-state index in [9.17, 15) is 4.79 Å². The van der Waals surface area contributed by atoms with E-state index in [1.54, 1.807) is 10.9 Å². The summed E-state index contributed by atoms with van der Waals surface area (Å²) in [5.41, 5.74) is -0.00817. The Hall–Kier alpha value is -1.35. The molecular formula is C14H17ClN2O. The second-order valence-electron chi connectivity index (χ2n) is 4.63. The number of rotatable bonds is 5. The van der Waals surface area contributed by atoms with Crippen molar-refractivity contribution < 1.29 is 0 Å². The van der Waals surface area contributed by atoms with Crippen LogP contribution in [0, 0.1) is 5.92 Å². The molecule has 0 bridgehead atoms. The lowest BCUT2D eigenvalue weighted by Gasteiger charge is -2.10. The summed E-state index contributed by atoms with van der Waals surface area (Å²) in [6.07, 6.45) is 3.66. The van der Waals surface area contributed by atoms with Crippen molar-refractivity contribution in [2.75, 3.05) is 5.88 Å². The van der Waals surface area contributed by atoms with Crippen LogP contribution in [-0.2, 0) is 6.54 Å². The number of fused-ring (bicyclic) bond motifs is 1. The summed E-state index contributed by atoms with van der Waals surface area (Å²) in [7, 11) is 0. The van der Waals surface area contributed by atoms with Gasteiger partial charge < -0.3 is 0 Å². The average molecular weight is 265 g/mol. The molecule has 2 aromatic rings. The Bertz CT molecular complexity index is 579. The minimum absolute atomic E-state index is 0.00817. The molecule has 3 nitrogen and oxygen atoms in total. The number of halogens is 1. The van der Waals surface area contributed by atoms with Crippen LogP contribution in [0.4, 0.5) is 0 Å². The van der Waals surface area contributed by atoms with Crippen molar-refractivity contribution in [3.05, 3.63) is 40.8 Å². The molecule has 0 saturated carbocycles. The standard InChI is InChI=1S/C14H17ClN2O/c1-11(6-8-15)7-9-17-14(18)13-5-3-2-4-12(13)10-16-17/h2-5,10-11H,6-9H2,1H3. The Balaban J connectivity index is 2.19. The van der Waals surface area contributed by atoms with Crippen LogP contribution in [0.5, 0.6) is 0 Å². The molecule has 96 valence electrons. The Morgan fingerprint density at radius 3 is 2.89 bits per heavy atom. The van der Waals surface area contributed by atoms with Crippen LogP contribution in [0.2, 0.25) is 0 Å². The molecule has 1 aromatic heterocycles. The normalized spacial score (nSPS) is 12.8.